The molecule has 1 aromatic heterocycles. The van der Waals surface area contributed by atoms with Crippen molar-refractivity contribution in [1.82, 2.24) is 15.2 Å². The minimum absolute atomic E-state index is 0.388. The van der Waals surface area contributed by atoms with Gasteiger partial charge in [0.05, 0.1) is 17.3 Å². The average molecular weight is 255 g/mol. The fourth-order valence-electron chi connectivity index (χ4n) is 2.26. The van der Waals surface area contributed by atoms with Gasteiger partial charge in [-0.05, 0) is 20.4 Å². The number of likely N-dealkylation sites (N-methyl/N-ethyl adjacent to an activating group) is 1. The number of methoxy groups -OCH3 is 1. The van der Waals surface area contributed by atoms with Crippen molar-refractivity contribution in [2.75, 3.05) is 27.2 Å². The van der Waals surface area contributed by atoms with Gasteiger partial charge in [-0.15, -0.1) is 11.3 Å². The summed E-state index contributed by atoms with van der Waals surface area (Å²) in [6.07, 6.45) is 1.50. The molecule has 1 fully saturated rings. The molecule has 1 aliphatic heterocycles. The lowest BCUT2D eigenvalue weighted by molar-refractivity contribution is 0.116. The summed E-state index contributed by atoms with van der Waals surface area (Å²) in [5, 5.41) is 3.50. The zero-order valence-electron chi connectivity index (χ0n) is 10.8. The van der Waals surface area contributed by atoms with Crippen LogP contribution in [0.4, 0.5) is 0 Å². The molecule has 1 aromatic rings. The van der Waals surface area contributed by atoms with Crippen LogP contribution >= 0.6 is 11.3 Å². The van der Waals surface area contributed by atoms with Crippen LogP contribution in [0.2, 0.25) is 0 Å². The number of nitrogens with zero attached hydrogens (tertiary/aromatic N) is 2. The number of aryl methyl sites for hydroxylation is 1. The Kier molecular flexibility index (Phi) is 4.50. The fourth-order valence-corrected chi connectivity index (χ4v) is 3.12. The van der Waals surface area contributed by atoms with Crippen molar-refractivity contribution in [3.63, 3.8) is 0 Å². The Morgan fingerprint density at radius 3 is 3.06 bits per heavy atom. The second-order valence-electron chi connectivity index (χ2n) is 4.76. The van der Waals surface area contributed by atoms with Crippen molar-refractivity contribution in [3.8, 4) is 0 Å². The quantitative estimate of drug-likeness (QED) is 0.859. The van der Waals surface area contributed by atoms with E-state index in [1.54, 1.807) is 18.4 Å². The van der Waals surface area contributed by atoms with Crippen LogP contribution in [-0.4, -0.2) is 49.3 Å². The van der Waals surface area contributed by atoms with Crippen molar-refractivity contribution in [3.05, 3.63) is 16.1 Å². The molecule has 2 unspecified atom stereocenters. The summed E-state index contributed by atoms with van der Waals surface area (Å²) in [6, 6.07) is 0.554. The summed E-state index contributed by atoms with van der Waals surface area (Å²) in [7, 11) is 3.96. The van der Waals surface area contributed by atoms with Crippen LogP contribution in [0.3, 0.4) is 0 Å². The normalized spacial score (nSPS) is 24.7. The van der Waals surface area contributed by atoms with Crippen LogP contribution in [0.1, 0.15) is 17.0 Å². The topological polar surface area (TPSA) is 37.4 Å². The zero-order valence-corrected chi connectivity index (χ0v) is 11.6. The summed E-state index contributed by atoms with van der Waals surface area (Å²) in [5.41, 5.74) is 3.09. The first-order valence-corrected chi connectivity index (χ1v) is 6.90. The van der Waals surface area contributed by atoms with Gasteiger partial charge >= 0.3 is 0 Å². The van der Waals surface area contributed by atoms with Gasteiger partial charge in [0.15, 0.2) is 0 Å². The van der Waals surface area contributed by atoms with E-state index in [1.807, 2.05) is 5.51 Å². The second-order valence-corrected chi connectivity index (χ2v) is 5.70. The number of hydrogen-bond acceptors (Lipinski definition) is 5. The summed E-state index contributed by atoms with van der Waals surface area (Å²) in [6.45, 7) is 5.12. The van der Waals surface area contributed by atoms with Gasteiger partial charge in [0.1, 0.15) is 0 Å². The van der Waals surface area contributed by atoms with Gasteiger partial charge in [-0.25, -0.2) is 4.98 Å². The predicted molar refractivity (Wildman–Crippen MR) is 70.4 cm³/mol. The van der Waals surface area contributed by atoms with E-state index < -0.39 is 0 Å². The third-order valence-corrected chi connectivity index (χ3v) is 4.23. The molecule has 0 amide bonds. The molecule has 0 bridgehead atoms. The third kappa shape index (κ3) is 3.48. The molecule has 1 aliphatic rings. The number of thiazole rings is 1. The first kappa shape index (κ1) is 13.0. The molecule has 2 rings (SSSR count). The Bertz CT molecular complexity index is 355. The van der Waals surface area contributed by atoms with E-state index in [1.165, 1.54) is 4.88 Å². The molecule has 0 aliphatic carbocycles. The minimum atomic E-state index is 0.388. The highest BCUT2D eigenvalue weighted by molar-refractivity contribution is 7.09. The minimum Gasteiger partial charge on any atom is -0.380 e. The van der Waals surface area contributed by atoms with E-state index in [2.05, 4.69) is 29.2 Å². The van der Waals surface area contributed by atoms with E-state index in [9.17, 15) is 0 Å². The smallest absolute Gasteiger partial charge is 0.0798 e. The van der Waals surface area contributed by atoms with Crippen LogP contribution in [0.25, 0.3) is 0 Å². The van der Waals surface area contributed by atoms with Gasteiger partial charge in [-0.2, -0.15) is 0 Å². The molecule has 2 atom stereocenters. The molecule has 1 N–H and O–H groups in total. The van der Waals surface area contributed by atoms with Gasteiger partial charge < -0.3 is 10.1 Å². The molecule has 1 saturated heterocycles. The lowest BCUT2D eigenvalue weighted by Gasteiger charge is -2.20. The van der Waals surface area contributed by atoms with E-state index in [-0.39, 0.29) is 0 Å². The maximum Gasteiger partial charge on any atom is 0.0798 e. The first-order chi connectivity index (χ1) is 8.19. The highest BCUT2D eigenvalue weighted by Gasteiger charge is 2.24. The molecule has 17 heavy (non-hydrogen) atoms. The standard InChI is InChI=1S/C12H21N3OS/c1-9-12(17-8-14-9)7-15(2)6-10-4-11(16-3)5-13-10/h8,10-11,13H,4-7H2,1-3H3. The maximum atomic E-state index is 5.36. The van der Waals surface area contributed by atoms with E-state index >= 15 is 0 Å². The van der Waals surface area contributed by atoms with Gasteiger partial charge in [0, 0.05) is 37.7 Å². The van der Waals surface area contributed by atoms with Gasteiger partial charge in [0.25, 0.3) is 0 Å². The third-order valence-electron chi connectivity index (χ3n) is 3.31. The largest absolute Gasteiger partial charge is 0.380 e. The lowest BCUT2D eigenvalue weighted by atomic mass is 10.2. The second kappa shape index (κ2) is 5.91. The van der Waals surface area contributed by atoms with E-state index in [0.717, 1.165) is 31.7 Å². The van der Waals surface area contributed by atoms with Gasteiger partial charge in [-0.1, -0.05) is 0 Å². The van der Waals surface area contributed by atoms with Crippen molar-refractivity contribution in [2.24, 2.45) is 0 Å². The van der Waals surface area contributed by atoms with Crippen molar-refractivity contribution in [1.29, 1.82) is 0 Å². The zero-order chi connectivity index (χ0) is 12.3. The number of ether oxygens (including phenoxy) is 1. The Labute approximate surface area is 107 Å². The number of hydrogen-bond donors (Lipinski definition) is 1. The number of nitrogens with one attached hydrogen (secondary N) is 1. The summed E-state index contributed by atoms with van der Waals surface area (Å²) in [4.78, 5) is 8.01. The molecule has 0 radical (unpaired) electrons. The molecule has 5 heteroatoms. The SMILES string of the molecule is COC1CNC(CN(C)Cc2scnc2C)C1. The van der Waals surface area contributed by atoms with Crippen molar-refractivity contribution >= 4 is 11.3 Å². The molecule has 4 nitrogen and oxygen atoms in total. The van der Waals surface area contributed by atoms with E-state index in [0.29, 0.717) is 12.1 Å². The fraction of sp³-hybridized carbons (Fsp3) is 0.750. The van der Waals surface area contributed by atoms with Crippen LogP contribution in [-0.2, 0) is 11.3 Å². The molecule has 0 aromatic carbocycles. The Balaban J connectivity index is 1.78. The monoisotopic (exact) mass is 255 g/mol. The molecule has 0 spiro atoms. The molecule has 0 saturated carbocycles. The Morgan fingerprint density at radius 2 is 2.47 bits per heavy atom. The maximum absolute atomic E-state index is 5.36. The lowest BCUT2D eigenvalue weighted by Crippen LogP contribution is -2.34. The molecular formula is C12H21N3OS. The van der Waals surface area contributed by atoms with Crippen molar-refractivity contribution < 1.29 is 4.74 Å². The van der Waals surface area contributed by atoms with Gasteiger partial charge in [0.2, 0.25) is 0 Å². The van der Waals surface area contributed by atoms with Crippen LogP contribution < -0.4 is 5.32 Å². The molecule has 96 valence electrons. The number of rotatable bonds is 5. The molecule has 2 heterocycles. The highest BCUT2D eigenvalue weighted by atomic mass is 32.1. The van der Waals surface area contributed by atoms with E-state index in [4.69, 9.17) is 4.74 Å². The van der Waals surface area contributed by atoms with Crippen LogP contribution in [0.5, 0.6) is 0 Å². The van der Waals surface area contributed by atoms with Crippen LogP contribution in [0.15, 0.2) is 5.51 Å². The highest BCUT2D eigenvalue weighted by Crippen LogP contribution is 2.16. The molecular weight excluding hydrogens is 234 g/mol. The number of aromatic nitrogens is 1. The Morgan fingerprint density at radius 1 is 1.65 bits per heavy atom. The summed E-state index contributed by atoms with van der Waals surface area (Å²) >= 11 is 1.74. The Hall–Kier alpha value is -0.490. The summed E-state index contributed by atoms with van der Waals surface area (Å²) in [5.74, 6) is 0. The first-order valence-electron chi connectivity index (χ1n) is 6.02. The van der Waals surface area contributed by atoms with Crippen LogP contribution in [0, 0.1) is 6.92 Å². The van der Waals surface area contributed by atoms with Gasteiger partial charge in [-0.3, -0.25) is 4.90 Å². The van der Waals surface area contributed by atoms with Crippen molar-refractivity contribution in [2.45, 2.75) is 32.0 Å². The average Bonchev–Trinajstić information content (AvgIpc) is 2.89. The summed E-state index contributed by atoms with van der Waals surface area (Å²) < 4.78 is 5.36. The predicted octanol–water partition coefficient (Wildman–Crippen LogP) is 1.26.